The fourth-order valence-electron chi connectivity index (χ4n) is 8.59. The molecule has 2 heterocycles. The fourth-order valence-corrected chi connectivity index (χ4v) is 8.59. The first-order chi connectivity index (χ1) is 29.6. The zero-order valence-corrected chi connectivity index (χ0v) is 33.7. The van der Waals surface area contributed by atoms with Gasteiger partial charge in [-0.15, -0.1) is 0 Å². The van der Waals surface area contributed by atoms with Gasteiger partial charge in [-0.05, 0) is 101 Å². The molecular formula is C56H43N3O. The Kier molecular flexibility index (Phi) is 9.88. The number of aryl methyl sites for hydroxylation is 1. The van der Waals surface area contributed by atoms with E-state index in [1.165, 1.54) is 27.8 Å². The number of rotatable bonds is 10. The zero-order valence-electron chi connectivity index (χ0n) is 33.7. The maximum absolute atomic E-state index is 6.88. The van der Waals surface area contributed by atoms with Crippen molar-refractivity contribution >= 4 is 21.9 Å². The molecule has 0 aliphatic rings. The predicted molar refractivity (Wildman–Crippen MR) is 248 cm³/mol. The Morgan fingerprint density at radius 2 is 1.00 bits per heavy atom. The third kappa shape index (κ3) is 7.07. The van der Waals surface area contributed by atoms with Gasteiger partial charge >= 0.3 is 0 Å². The summed E-state index contributed by atoms with van der Waals surface area (Å²) < 4.78 is 6.88. The molecule has 0 spiro atoms. The Labute approximate surface area is 350 Å². The summed E-state index contributed by atoms with van der Waals surface area (Å²) in [6, 6.07) is 68.3. The van der Waals surface area contributed by atoms with Gasteiger partial charge in [-0.25, -0.2) is 15.0 Å². The number of hydrogen-bond donors (Lipinski definition) is 0. The van der Waals surface area contributed by atoms with E-state index in [0.29, 0.717) is 23.4 Å². The summed E-state index contributed by atoms with van der Waals surface area (Å²) in [5, 5.41) is 1.98. The number of hydrogen-bond acceptors (Lipinski definition) is 4. The van der Waals surface area contributed by atoms with E-state index in [-0.39, 0.29) is 0 Å². The molecule has 288 valence electrons. The summed E-state index contributed by atoms with van der Waals surface area (Å²) in [5.74, 6) is 2.21. The minimum Gasteiger partial charge on any atom is -0.455 e. The molecule has 2 aromatic heterocycles. The maximum Gasteiger partial charge on any atom is 0.164 e. The van der Waals surface area contributed by atoms with Crippen LogP contribution in [0.4, 0.5) is 0 Å². The van der Waals surface area contributed by atoms with Crippen LogP contribution >= 0.6 is 0 Å². The van der Waals surface area contributed by atoms with Crippen LogP contribution in [0.5, 0.6) is 0 Å². The van der Waals surface area contributed by atoms with Gasteiger partial charge in [0.2, 0.25) is 0 Å². The molecular weight excluding hydrogens is 731 g/mol. The van der Waals surface area contributed by atoms with Gasteiger partial charge in [-0.3, -0.25) is 0 Å². The topological polar surface area (TPSA) is 51.8 Å². The van der Waals surface area contributed by atoms with Gasteiger partial charge in [-0.1, -0.05) is 171 Å². The average molecular weight is 774 g/mol. The summed E-state index contributed by atoms with van der Waals surface area (Å²) in [5.41, 5.74) is 15.3. The molecule has 10 aromatic rings. The molecule has 10 rings (SSSR count). The molecule has 8 aromatic carbocycles. The van der Waals surface area contributed by atoms with Crippen molar-refractivity contribution < 1.29 is 4.42 Å². The minimum atomic E-state index is 0.372. The van der Waals surface area contributed by atoms with Crippen molar-refractivity contribution in [3.63, 3.8) is 0 Å². The van der Waals surface area contributed by atoms with Crippen LogP contribution in [0.15, 0.2) is 199 Å². The third-order valence-corrected chi connectivity index (χ3v) is 11.7. The predicted octanol–water partition coefficient (Wildman–Crippen LogP) is 14.8. The number of nitrogens with zero attached hydrogens (tertiary/aromatic N) is 3. The molecule has 4 nitrogen and oxygen atoms in total. The molecule has 0 aliphatic carbocycles. The van der Waals surface area contributed by atoms with E-state index in [9.17, 15) is 0 Å². The first-order valence-electron chi connectivity index (χ1n) is 20.8. The van der Waals surface area contributed by atoms with E-state index in [0.717, 1.165) is 73.7 Å². The van der Waals surface area contributed by atoms with Gasteiger partial charge in [0.1, 0.15) is 11.2 Å². The van der Waals surface area contributed by atoms with Crippen molar-refractivity contribution in [2.45, 2.75) is 32.6 Å². The highest BCUT2D eigenvalue weighted by molar-refractivity contribution is 6.16. The molecule has 0 aliphatic heterocycles. The monoisotopic (exact) mass is 773 g/mol. The van der Waals surface area contributed by atoms with Crippen LogP contribution < -0.4 is 0 Å². The number of benzene rings is 8. The quantitative estimate of drug-likeness (QED) is 0.139. The Balaban J connectivity index is 1.18. The van der Waals surface area contributed by atoms with Crippen LogP contribution in [0.1, 0.15) is 36.0 Å². The summed E-state index contributed by atoms with van der Waals surface area (Å²) in [4.78, 5) is 15.3. The first kappa shape index (κ1) is 36.9. The lowest BCUT2D eigenvalue weighted by molar-refractivity contribution is 0.662. The zero-order chi connectivity index (χ0) is 40.4. The van der Waals surface area contributed by atoms with Crippen LogP contribution in [-0.4, -0.2) is 15.0 Å². The van der Waals surface area contributed by atoms with Crippen LogP contribution in [0.2, 0.25) is 0 Å². The molecule has 60 heavy (non-hydrogen) atoms. The van der Waals surface area contributed by atoms with Gasteiger partial charge in [0, 0.05) is 33.0 Å². The lowest BCUT2D eigenvalue weighted by Gasteiger charge is -2.22. The van der Waals surface area contributed by atoms with Crippen LogP contribution in [0.25, 0.3) is 89.5 Å². The molecule has 1 unspecified atom stereocenters. The van der Waals surface area contributed by atoms with Crippen LogP contribution in [-0.2, 0) is 6.42 Å². The third-order valence-electron chi connectivity index (χ3n) is 11.7. The maximum atomic E-state index is 6.88. The molecule has 0 N–H and O–H groups in total. The number of furan rings is 1. The second kappa shape index (κ2) is 16.1. The molecule has 0 saturated carbocycles. The Morgan fingerprint density at radius 3 is 1.65 bits per heavy atom. The van der Waals surface area contributed by atoms with E-state index in [1.54, 1.807) is 0 Å². The summed E-state index contributed by atoms with van der Waals surface area (Å²) in [7, 11) is 0. The summed E-state index contributed by atoms with van der Waals surface area (Å²) in [6.45, 7) is 4.52. The smallest absolute Gasteiger partial charge is 0.164 e. The van der Waals surface area contributed by atoms with Gasteiger partial charge in [-0.2, -0.15) is 0 Å². The van der Waals surface area contributed by atoms with Gasteiger partial charge in [0.25, 0.3) is 0 Å². The van der Waals surface area contributed by atoms with Crippen LogP contribution in [0, 0.1) is 6.92 Å². The first-order valence-corrected chi connectivity index (χ1v) is 20.8. The molecule has 0 fully saturated rings. The second-order valence-corrected chi connectivity index (χ2v) is 15.5. The van der Waals surface area contributed by atoms with Gasteiger partial charge in [0.15, 0.2) is 17.5 Å². The average Bonchev–Trinajstić information content (AvgIpc) is 3.71. The number of fused-ring (bicyclic) bond motifs is 3. The fraction of sp³-hybridized carbons (Fsp3) is 0.0893. The van der Waals surface area contributed by atoms with Gasteiger partial charge < -0.3 is 4.42 Å². The minimum absolute atomic E-state index is 0.372. The lowest BCUT2D eigenvalue weighted by Crippen LogP contribution is -2.05. The highest BCUT2D eigenvalue weighted by Gasteiger charge is 2.22. The van der Waals surface area contributed by atoms with Crippen molar-refractivity contribution in [3.05, 3.63) is 211 Å². The van der Waals surface area contributed by atoms with Crippen molar-refractivity contribution in [3.8, 4) is 67.5 Å². The van der Waals surface area contributed by atoms with Gasteiger partial charge in [0.05, 0.1) is 0 Å². The highest BCUT2D eigenvalue weighted by atomic mass is 16.3. The Hall–Kier alpha value is -7.43. The largest absolute Gasteiger partial charge is 0.455 e. The van der Waals surface area contributed by atoms with E-state index in [2.05, 4.69) is 141 Å². The molecule has 0 saturated heterocycles. The second-order valence-electron chi connectivity index (χ2n) is 15.5. The van der Waals surface area contributed by atoms with E-state index in [4.69, 9.17) is 19.4 Å². The molecule has 0 radical (unpaired) electrons. The Morgan fingerprint density at radius 1 is 0.450 bits per heavy atom. The number of aromatic nitrogens is 3. The molecule has 4 heteroatoms. The molecule has 0 amide bonds. The van der Waals surface area contributed by atoms with E-state index >= 15 is 0 Å². The summed E-state index contributed by atoms with van der Waals surface area (Å²) in [6.07, 6.45) is 2.03. The van der Waals surface area contributed by atoms with Crippen molar-refractivity contribution in [2.24, 2.45) is 0 Å². The summed E-state index contributed by atoms with van der Waals surface area (Å²) >= 11 is 0. The van der Waals surface area contributed by atoms with Crippen molar-refractivity contribution in [2.75, 3.05) is 0 Å². The molecule has 1 atom stereocenters. The van der Waals surface area contributed by atoms with Crippen LogP contribution in [0.3, 0.4) is 0 Å². The van der Waals surface area contributed by atoms with Crippen molar-refractivity contribution in [1.82, 2.24) is 15.0 Å². The van der Waals surface area contributed by atoms with E-state index in [1.807, 2.05) is 66.7 Å². The standard InChI is InChI=1S/C56H43N3O/c1-3-39(34-38-19-8-4-9-20-38)46-30-28-43(35-49(46)45-27-17-16-18-37(45)2)44-29-33-51-50(36-44)52-48(32-31-47(53(52)60-51)40-21-10-5-11-22-40)56-58-54(41-23-12-6-13-24-41)57-55(59-56)42-25-14-7-15-26-42/h4-33,35-36,39H,3,34H2,1-2H3. The Bertz CT molecular complexity index is 3050. The van der Waals surface area contributed by atoms with Crippen molar-refractivity contribution in [1.29, 1.82) is 0 Å². The highest BCUT2D eigenvalue weighted by Crippen LogP contribution is 2.44. The SMILES string of the molecule is CCC(Cc1ccccc1)c1ccc(-c2ccc3oc4c(-c5ccccc5)ccc(-c5nc(-c6ccccc6)nc(-c6ccccc6)n5)c4c3c2)cc1-c1ccccc1C. The normalized spacial score (nSPS) is 11.9. The van der Waals surface area contributed by atoms with E-state index < -0.39 is 0 Å². The molecule has 0 bridgehead atoms. The lowest BCUT2D eigenvalue weighted by atomic mass is 9.82.